The summed E-state index contributed by atoms with van der Waals surface area (Å²) in [5.74, 6) is -0.166. The van der Waals surface area contributed by atoms with Crippen LogP contribution in [0.2, 0.25) is 5.02 Å². The Balaban J connectivity index is 1.60. The van der Waals surface area contributed by atoms with Crippen LogP contribution in [-0.4, -0.2) is 30.5 Å². The van der Waals surface area contributed by atoms with Crippen LogP contribution in [0.5, 0.6) is 0 Å². The molecule has 0 aliphatic carbocycles. The summed E-state index contributed by atoms with van der Waals surface area (Å²) in [5.41, 5.74) is 3.94. The Kier molecular flexibility index (Phi) is 5.60. The number of nitrogens with one attached hydrogen (secondary N) is 1. The minimum Gasteiger partial charge on any atom is -0.293 e. The van der Waals surface area contributed by atoms with E-state index in [0.717, 1.165) is 17.0 Å². The first-order valence-corrected chi connectivity index (χ1v) is 9.16. The van der Waals surface area contributed by atoms with E-state index in [2.05, 4.69) is 26.6 Å². The lowest BCUT2D eigenvalue weighted by Gasteiger charge is -2.11. The molecular formula is C19H23ClN6O. The molecule has 3 rings (SSSR count). The molecule has 0 fully saturated rings. The van der Waals surface area contributed by atoms with Crippen LogP contribution in [0, 0.1) is 26.7 Å². The summed E-state index contributed by atoms with van der Waals surface area (Å²) in [7, 11) is 0. The van der Waals surface area contributed by atoms with Crippen LogP contribution in [0.1, 0.15) is 29.4 Å². The van der Waals surface area contributed by atoms with Gasteiger partial charge in [-0.2, -0.15) is 5.10 Å². The molecule has 27 heavy (non-hydrogen) atoms. The first kappa shape index (κ1) is 19.1. The Labute approximate surface area is 163 Å². The smallest absolute Gasteiger partial charge is 0.248 e. The molecule has 1 unspecified atom stereocenters. The molecule has 1 aromatic carbocycles. The minimum atomic E-state index is -0.303. The van der Waals surface area contributed by atoms with Crippen LogP contribution in [-0.2, 0) is 17.9 Å². The Morgan fingerprint density at radius 1 is 1.26 bits per heavy atom. The summed E-state index contributed by atoms with van der Waals surface area (Å²) in [4.78, 5) is 16.6. The van der Waals surface area contributed by atoms with Crippen molar-refractivity contribution in [3.8, 4) is 0 Å². The van der Waals surface area contributed by atoms with Crippen molar-refractivity contribution in [1.82, 2.24) is 24.5 Å². The van der Waals surface area contributed by atoms with Crippen molar-refractivity contribution in [2.75, 3.05) is 5.32 Å². The summed E-state index contributed by atoms with van der Waals surface area (Å²) in [5, 5.41) is 12.1. The second-order valence-corrected chi connectivity index (χ2v) is 7.19. The van der Waals surface area contributed by atoms with Gasteiger partial charge in [0.1, 0.15) is 6.33 Å². The highest BCUT2D eigenvalue weighted by atomic mass is 35.5. The number of amides is 1. The van der Waals surface area contributed by atoms with Gasteiger partial charge in [-0.15, -0.1) is 5.10 Å². The van der Waals surface area contributed by atoms with E-state index in [1.54, 1.807) is 15.7 Å². The van der Waals surface area contributed by atoms with Crippen LogP contribution in [0.4, 0.5) is 5.95 Å². The van der Waals surface area contributed by atoms with E-state index in [1.807, 2.05) is 45.9 Å². The van der Waals surface area contributed by atoms with Crippen molar-refractivity contribution < 1.29 is 4.79 Å². The van der Waals surface area contributed by atoms with Crippen LogP contribution < -0.4 is 5.32 Å². The molecule has 7 nitrogen and oxygen atoms in total. The summed E-state index contributed by atoms with van der Waals surface area (Å²) >= 11 is 6.16. The maximum Gasteiger partial charge on any atom is 0.248 e. The van der Waals surface area contributed by atoms with Crippen LogP contribution in [0.25, 0.3) is 0 Å². The number of nitrogens with zero attached hydrogens (tertiary/aromatic N) is 5. The maximum absolute atomic E-state index is 12.5. The Morgan fingerprint density at radius 2 is 2.04 bits per heavy atom. The average molecular weight is 387 g/mol. The molecule has 2 heterocycles. The molecule has 3 aromatic rings. The van der Waals surface area contributed by atoms with Gasteiger partial charge in [-0.1, -0.05) is 48.4 Å². The van der Waals surface area contributed by atoms with Crippen molar-refractivity contribution in [3.63, 3.8) is 0 Å². The SMILES string of the molecule is Cc1cccc(Cn2cnc(NC(=O)C(C)Cn3nc(C)c(Cl)c3C)n2)c1. The fourth-order valence-electron chi connectivity index (χ4n) is 2.85. The van der Waals surface area contributed by atoms with Crippen LogP contribution >= 0.6 is 11.6 Å². The molecule has 0 aliphatic rings. The molecule has 0 saturated carbocycles. The molecule has 0 radical (unpaired) electrons. The van der Waals surface area contributed by atoms with Gasteiger partial charge in [0.2, 0.25) is 11.9 Å². The second-order valence-electron chi connectivity index (χ2n) is 6.81. The van der Waals surface area contributed by atoms with Gasteiger partial charge < -0.3 is 0 Å². The Bertz CT molecular complexity index is 961. The highest BCUT2D eigenvalue weighted by molar-refractivity contribution is 6.31. The zero-order chi connectivity index (χ0) is 19.6. The van der Waals surface area contributed by atoms with E-state index in [9.17, 15) is 4.79 Å². The molecule has 2 aromatic heterocycles. The van der Waals surface area contributed by atoms with Gasteiger partial charge in [0.15, 0.2) is 0 Å². The lowest BCUT2D eigenvalue weighted by molar-refractivity contribution is -0.119. The predicted molar refractivity (Wildman–Crippen MR) is 105 cm³/mol. The standard InChI is InChI=1S/C19H23ClN6O/c1-12-6-5-7-16(8-12)10-25-11-21-19(24-25)22-18(27)13(2)9-26-15(4)17(20)14(3)23-26/h5-8,11,13H,9-10H2,1-4H3,(H,22,24,27). The third-order valence-corrected chi connectivity index (χ3v) is 4.93. The molecule has 0 spiro atoms. The highest BCUT2D eigenvalue weighted by Gasteiger charge is 2.18. The summed E-state index contributed by atoms with van der Waals surface area (Å²) in [6.07, 6.45) is 1.61. The van der Waals surface area contributed by atoms with Crippen molar-refractivity contribution in [2.45, 2.75) is 40.8 Å². The maximum atomic E-state index is 12.5. The van der Waals surface area contributed by atoms with Crippen LogP contribution in [0.15, 0.2) is 30.6 Å². The number of halogens is 1. The molecular weight excluding hydrogens is 364 g/mol. The largest absolute Gasteiger partial charge is 0.293 e. The van der Waals surface area contributed by atoms with E-state index < -0.39 is 0 Å². The second kappa shape index (κ2) is 7.92. The Morgan fingerprint density at radius 3 is 2.70 bits per heavy atom. The highest BCUT2D eigenvalue weighted by Crippen LogP contribution is 2.20. The molecule has 0 aliphatic heterocycles. The summed E-state index contributed by atoms with van der Waals surface area (Å²) < 4.78 is 3.46. The van der Waals surface area contributed by atoms with Gasteiger partial charge in [-0.25, -0.2) is 9.67 Å². The molecule has 0 saturated heterocycles. The zero-order valence-electron chi connectivity index (χ0n) is 15.9. The van der Waals surface area contributed by atoms with Crippen molar-refractivity contribution in [3.05, 3.63) is 58.1 Å². The van der Waals surface area contributed by atoms with Gasteiger partial charge in [0, 0.05) is 0 Å². The summed E-state index contributed by atoms with van der Waals surface area (Å²) in [6, 6.07) is 8.20. The number of carbonyl (C=O) groups excluding carboxylic acids is 1. The van der Waals surface area contributed by atoms with Gasteiger partial charge in [-0.3, -0.25) is 14.8 Å². The summed E-state index contributed by atoms with van der Waals surface area (Å²) in [6.45, 7) is 8.67. The number of rotatable bonds is 6. The molecule has 1 N–H and O–H groups in total. The van der Waals surface area contributed by atoms with E-state index in [-0.39, 0.29) is 11.8 Å². The predicted octanol–water partition coefficient (Wildman–Crippen LogP) is 3.38. The number of aromatic nitrogens is 5. The third-order valence-electron chi connectivity index (χ3n) is 4.39. The molecule has 142 valence electrons. The van der Waals surface area contributed by atoms with Gasteiger partial charge >= 0.3 is 0 Å². The minimum absolute atomic E-state index is 0.160. The average Bonchev–Trinajstić information content (AvgIpc) is 3.15. The third kappa shape index (κ3) is 4.54. The van der Waals surface area contributed by atoms with Gasteiger partial charge in [-0.05, 0) is 26.3 Å². The number of aryl methyl sites for hydroxylation is 2. The normalized spacial score (nSPS) is 12.2. The Hall–Kier alpha value is -2.67. The molecule has 1 atom stereocenters. The number of hydrogen-bond donors (Lipinski definition) is 1. The fraction of sp³-hybridized carbons (Fsp3) is 0.368. The molecule has 8 heteroatoms. The van der Waals surface area contributed by atoms with Crippen molar-refractivity contribution >= 4 is 23.5 Å². The first-order chi connectivity index (χ1) is 12.8. The fourth-order valence-corrected chi connectivity index (χ4v) is 2.99. The van der Waals surface area contributed by atoms with E-state index >= 15 is 0 Å². The van der Waals surface area contributed by atoms with E-state index in [1.165, 1.54) is 5.56 Å². The first-order valence-electron chi connectivity index (χ1n) is 8.79. The zero-order valence-corrected chi connectivity index (χ0v) is 16.7. The number of anilines is 1. The molecule has 0 bridgehead atoms. The monoisotopic (exact) mass is 386 g/mol. The van der Waals surface area contributed by atoms with Crippen molar-refractivity contribution in [1.29, 1.82) is 0 Å². The van der Waals surface area contributed by atoms with E-state index in [4.69, 9.17) is 11.6 Å². The van der Waals surface area contributed by atoms with Gasteiger partial charge in [0.25, 0.3) is 0 Å². The van der Waals surface area contributed by atoms with Crippen molar-refractivity contribution in [2.24, 2.45) is 5.92 Å². The quantitative estimate of drug-likeness (QED) is 0.704. The number of hydrogen-bond acceptors (Lipinski definition) is 4. The molecule has 1 amide bonds. The lowest BCUT2D eigenvalue weighted by Crippen LogP contribution is -2.26. The topological polar surface area (TPSA) is 77.6 Å². The van der Waals surface area contributed by atoms with E-state index in [0.29, 0.717) is 24.1 Å². The number of carbonyl (C=O) groups is 1. The number of benzene rings is 1. The lowest BCUT2D eigenvalue weighted by atomic mass is 10.1. The van der Waals surface area contributed by atoms with Crippen LogP contribution in [0.3, 0.4) is 0 Å². The van der Waals surface area contributed by atoms with Gasteiger partial charge in [0.05, 0.1) is 35.4 Å².